The summed E-state index contributed by atoms with van der Waals surface area (Å²) in [6.45, 7) is 1.41. The molecular weight excluding hydrogens is 360 g/mol. The standard InChI is InChI=1S/C15H28N6O6/c1-8(19-12(23)7-17)13(24)21-10(6-11(18)22)14(25)20-9(15(26)27)4-2-3-5-16/h8-10H,2-7,16-17H2,1H3,(H2,18,22)(H,19,23)(H,20,25)(H,21,24)(H,26,27). The van der Waals surface area contributed by atoms with Gasteiger partial charge in [0.15, 0.2) is 0 Å². The molecule has 0 aliphatic heterocycles. The van der Waals surface area contributed by atoms with Gasteiger partial charge in [-0.25, -0.2) is 4.79 Å². The Labute approximate surface area is 156 Å². The predicted octanol–water partition coefficient (Wildman–Crippen LogP) is -3.49. The minimum Gasteiger partial charge on any atom is -0.480 e. The van der Waals surface area contributed by atoms with E-state index in [9.17, 15) is 29.1 Å². The van der Waals surface area contributed by atoms with Gasteiger partial charge in [0.2, 0.25) is 23.6 Å². The van der Waals surface area contributed by atoms with Crippen LogP contribution < -0.4 is 33.2 Å². The lowest BCUT2D eigenvalue weighted by atomic mass is 10.1. The van der Waals surface area contributed by atoms with Gasteiger partial charge in [0, 0.05) is 0 Å². The minimum absolute atomic E-state index is 0.137. The van der Waals surface area contributed by atoms with Gasteiger partial charge >= 0.3 is 5.97 Å². The summed E-state index contributed by atoms with van der Waals surface area (Å²) < 4.78 is 0. The summed E-state index contributed by atoms with van der Waals surface area (Å²) in [4.78, 5) is 58.1. The van der Waals surface area contributed by atoms with Crippen molar-refractivity contribution in [1.82, 2.24) is 16.0 Å². The Morgan fingerprint density at radius 3 is 2.00 bits per heavy atom. The molecule has 0 rings (SSSR count). The molecule has 3 atom stereocenters. The first-order chi connectivity index (χ1) is 12.6. The van der Waals surface area contributed by atoms with Crippen LogP contribution in [-0.2, 0) is 24.0 Å². The Balaban J connectivity index is 5.01. The van der Waals surface area contributed by atoms with E-state index in [1.165, 1.54) is 6.92 Å². The number of unbranched alkanes of at least 4 members (excludes halogenated alkanes) is 1. The molecule has 10 N–H and O–H groups in total. The third kappa shape index (κ3) is 10.1. The van der Waals surface area contributed by atoms with Crippen LogP contribution in [0.15, 0.2) is 0 Å². The summed E-state index contributed by atoms with van der Waals surface area (Å²) in [6, 6.07) is -3.61. The molecule has 0 aliphatic rings. The van der Waals surface area contributed by atoms with Crippen molar-refractivity contribution in [2.45, 2.75) is 50.7 Å². The number of nitrogens with two attached hydrogens (primary N) is 3. The highest BCUT2D eigenvalue weighted by Gasteiger charge is 2.29. The minimum atomic E-state index is -1.39. The van der Waals surface area contributed by atoms with Crippen molar-refractivity contribution >= 4 is 29.6 Å². The number of carboxylic acids is 1. The van der Waals surface area contributed by atoms with Gasteiger partial charge in [0.1, 0.15) is 18.1 Å². The fourth-order valence-electron chi connectivity index (χ4n) is 2.10. The molecule has 0 aromatic heterocycles. The second-order valence-corrected chi connectivity index (χ2v) is 5.91. The topological polar surface area (TPSA) is 220 Å². The number of carbonyl (C=O) groups is 5. The second-order valence-electron chi connectivity index (χ2n) is 5.91. The molecular formula is C15H28N6O6. The molecule has 27 heavy (non-hydrogen) atoms. The van der Waals surface area contributed by atoms with Crippen molar-refractivity contribution in [3.05, 3.63) is 0 Å². The van der Waals surface area contributed by atoms with Crippen LogP contribution in [0.25, 0.3) is 0 Å². The molecule has 154 valence electrons. The van der Waals surface area contributed by atoms with E-state index in [1.807, 2.05) is 0 Å². The van der Waals surface area contributed by atoms with Crippen LogP contribution in [0, 0.1) is 0 Å². The number of aliphatic carboxylic acids is 1. The van der Waals surface area contributed by atoms with Crippen LogP contribution in [0.5, 0.6) is 0 Å². The maximum absolute atomic E-state index is 12.3. The third-order valence-electron chi connectivity index (χ3n) is 3.56. The number of rotatable bonds is 13. The molecule has 0 aromatic rings. The first-order valence-corrected chi connectivity index (χ1v) is 8.43. The number of hydrogen-bond acceptors (Lipinski definition) is 7. The van der Waals surface area contributed by atoms with Crippen molar-refractivity contribution in [2.24, 2.45) is 17.2 Å². The molecule has 0 saturated heterocycles. The van der Waals surface area contributed by atoms with E-state index in [-0.39, 0.29) is 13.0 Å². The Morgan fingerprint density at radius 1 is 0.926 bits per heavy atom. The van der Waals surface area contributed by atoms with Crippen LogP contribution in [0.2, 0.25) is 0 Å². The van der Waals surface area contributed by atoms with Gasteiger partial charge in [-0.3, -0.25) is 19.2 Å². The molecule has 0 radical (unpaired) electrons. The molecule has 0 heterocycles. The van der Waals surface area contributed by atoms with E-state index in [2.05, 4.69) is 16.0 Å². The van der Waals surface area contributed by atoms with Crippen molar-refractivity contribution < 1.29 is 29.1 Å². The number of carboxylic acid groups (broad SMARTS) is 1. The predicted molar refractivity (Wildman–Crippen MR) is 94.9 cm³/mol. The zero-order valence-corrected chi connectivity index (χ0v) is 15.2. The SMILES string of the molecule is CC(NC(=O)CN)C(=O)NC(CC(N)=O)C(=O)NC(CCCCN)C(=O)O. The summed E-state index contributed by atoms with van der Waals surface area (Å²) in [6.07, 6.45) is 0.658. The number of carbonyl (C=O) groups excluding carboxylic acids is 4. The first kappa shape index (κ1) is 24.3. The lowest BCUT2D eigenvalue weighted by molar-refractivity contribution is -0.142. The van der Waals surface area contributed by atoms with Gasteiger partial charge in [0.05, 0.1) is 13.0 Å². The van der Waals surface area contributed by atoms with Crippen LogP contribution in [0.1, 0.15) is 32.6 Å². The Kier molecular flexibility index (Phi) is 11.3. The summed E-state index contributed by atoms with van der Waals surface area (Å²) in [5.41, 5.74) is 15.6. The van der Waals surface area contributed by atoms with Crippen LogP contribution >= 0.6 is 0 Å². The quantitative estimate of drug-likeness (QED) is 0.156. The average Bonchev–Trinajstić information content (AvgIpc) is 2.59. The highest BCUT2D eigenvalue weighted by molar-refractivity contribution is 5.95. The Hall–Kier alpha value is -2.73. The van der Waals surface area contributed by atoms with Gasteiger partial charge in [-0.15, -0.1) is 0 Å². The van der Waals surface area contributed by atoms with E-state index in [1.54, 1.807) is 0 Å². The number of nitrogens with one attached hydrogen (secondary N) is 3. The average molecular weight is 388 g/mol. The molecule has 0 aliphatic carbocycles. The smallest absolute Gasteiger partial charge is 0.326 e. The number of primary amides is 1. The molecule has 12 heteroatoms. The monoisotopic (exact) mass is 388 g/mol. The van der Waals surface area contributed by atoms with Crippen molar-refractivity contribution in [3.63, 3.8) is 0 Å². The van der Waals surface area contributed by atoms with Gasteiger partial charge in [-0.2, -0.15) is 0 Å². The maximum atomic E-state index is 12.3. The highest BCUT2D eigenvalue weighted by Crippen LogP contribution is 2.03. The van der Waals surface area contributed by atoms with Crippen molar-refractivity contribution in [1.29, 1.82) is 0 Å². The van der Waals surface area contributed by atoms with E-state index < -0.39 is 54.1 Å². The summed E-state index contributed by atoms with van der Waals surface area (Å²) >= 11 is 0. The molecule has 3 unspecified atom stereocenters. The Bertz CT molecular complexity index is 555. The molecule has 12 nitrogen and oxygen atoms in total. The number of amides is 4. The van der Waals surface area contributed by atoms with Crippen LogP contribution in [-0.4, -0.2) is 65.9 Å². The zero-order chi connectivity index (χ0) is 21.0. The normalized spacial score (nSPS) is 13.7. The second kappa shape index (κ2) is 12.6. The van der Waals surface area contributed by atoms with Crippen LogP contribution in [0.3, 0.4) is 0 Å². The Morgan fingerprint density at radius 2 is 1.52 bits per heavy atom. The summed E-state index contributed by atoms with van der Waals surface area (Å²) in [5, 5.41) is 16.0. The lowest BCUT2D eigenvalue weighted by Gasteiger charge is -2.22. The molecule has 4 amide bonds. The summed E-state index contributed by atoms with van der Waals surface area (Å²) in [5.74, 6) is -4.34. The highest BCUT2D eigenvalue weighted by atomic mass is 16.4. The molecule has 0 fully saturated rings. The fraction of sp³-hybridized carbons (Fsp3) is 0.667. The van der Waals surface area contributed by atoms with Crippen molar-refractivity contribution in [3.8, 4) is 0 Å². The lowest BCUT2D eigenvalue weighted by Crippen LogP contribution is -2.56. The third-order valence-corrected chi connectivity index (χ3v) is 3.56. The van der Waals surface area contributed by atoms with E-state index in [0.29, 0.717) is 19.4 Å². The number of hydrogen-bond donors (Lipinski definition) is 7. The van der Waals surface area contributed by atoms with Gasteiger partial charge in [0.25, 0.3) is 0 Å². The van der Waals surface area contributed by atoms with Gasteiger partial charge in [-0.05, 0) is 32.7 Å². The largest absolute Gasteiger partial charge is 0.480 e. The van der Waals surface area contributed by atoms with Crippen LogP contribution in [0.4, 0.5) is 0 Å². The summed E-state index contributed by atoms with van der Waals surface area (Å²) in [7, 11) is 0. The van der Waals surface area contributed by atoms with Crippen molar-refractivity contribution in [2.75, 3.05) is 13.1 Å². The maximum Gasteiger partial charge on any atom is 0.326 e. The first-order valence-electron chi connectivity index (χ1n) is 8.43. The molecule has 0 spiro atoms. The van der Waals surface area contributed by atoms with E-state index >= 15 is 0 Å². The van der Waals surface area contributed by atoms with E-state index in [0.717, 1.165) is 0 Å². The fourth-order valence-corrected chi connectivity index (χ4v) is 2.10. The van der Waals surface area contributed by atoms with Gasteiger partial charge < -0.3 is 38.3 Å². The van der Waals surface area contributed by atoms with E-state index in [4.69, 9.17) is 17.2 Å². The molecule has 0 aromatic carbocycles. The molecule has 0 bridgehead atoms. The molecule has 0 saturated carbocycles. The van der Waals surface area contributed by atoms with Gasteiger partial charge in [-0.1, -0.05) is 0 Å². The zero-order valence-electron chi connectivity index (χ0n) is 15.2.